The van der Waals surface area contributed by atoms with Gasteiger partial charge in [-0.25, -0.2) is 4.98 Å². The Morgan fingerprint density at radius 1 is 1.33 bits per heavy atom. The van der Waals surface area contributed by atoms with Gasteiger partial charge in [-0.1, -0.05) is 0 Å². The van der Waals surface area contributed by atoms with Crippen molar-refractivity contribution in [3.63, 3.8) is 0 Å². The molecule has 0 aliphatic carbocycles. The van der Waals surface area contributed by atoms with E-state index in [4.69, 9.17) is 15.9 Å². The molecule has 4 nitrogen and oxygen atoms in total. The number of hydrogen-bond acceptors (Lipinski definition) is 4. The van der Waals surface area contributed by atoms with E-state index in [1.54, 1.807) is 6.20 Å². The summed E-state index contributed by atoms with van der Waals surface area (Å²) in [6.45, 7) is 0.982. The average molecular weight is 240 g/mol. The molecule has 0 atom stereocenters. The molecule has 90 valence electrons. The van der Waals surface area contributed by atoms with Crippen LogP contribution in [0.3, 0.4) is 0 Å². The Balaban J connectivity index is 2.02. The number of terminal acetylenes is 1. The van der Waals surface area contributed by atoms with E-state index in [9.17, 15) is 0 Å². The summed E-state index contributed by atoms with van der Waals surface area (Å²) < 4.78 is 10.7. The van der Waals surface area contributed by atoms with Gasteiger partial charge >= 0.3 is 0 Å². The van der Waals surface area contributed by atoms with Crippen LogP contribution in [-0.4, -0.2) is 18.3 Å². The smallest absolute Gasteiger partial charge is 0.231 e. The number of aromatic nitrogens is 1. The normalized spacial score (nSPS) is 12.4. The quantitative estimate of drug-likeness (QED) is 0.661. The SMILES string of the molecule is C#CCCNc1nccc2cc3c(cc12)OCO3. The van der Waals surface area contributed by atoms with Crippen molar-refractivity contribution in [2.75, 3.05) is 18.7 Å². The van der Waals surface area contributed by atoms with Gasteiger partial charge in [0.15, 0.2) is 11.5 Å². The zero-order valence-electron chi connectivity index (χ0n) is 9.77. The number of anilines is 1. The highest BCUT2D eigenvalue weighted by Crippen LogP contribution is 2.37. The molecule has 0 unspecified atom stereocenters. The molecule has 0 amide bonds. The van der Waals surface area contributed by atoms with Gasteiger partial charge in [-0.05, 0) is 23.6 Å². The minimum absolute atomic E-state index is 0.277. The van der Waals surface area contributed by atoms with Crippen LogP contribution in [0.5, 0.6) is 11.5 Å². The van der Waals surface area contributed by atoms with Crippen LogP contribution in [0.15, 0.2) is 24.4 Å². The first-order chi connectivity index (χ1) is 8.88. The Kier molecular flexibility index (Phi) is 2.66. The van der Waals surface area contributed by atoms with E-state index in [-0.39, 0.29) is 6.79 Å². The number of hydrogen-bond donors (Lipinski definition) is 1. The number of nitrogens with zero attached hydrogens (tertiary/aromatic N) is 1. The predicted octanol–water partition coefficient (Wildman–Crippen LogP) is 2.40. The van der Waals surface area contributed by atoms with E-state index in [2.05, 4.69) is 16.2 Å². The molecule has 0 radical (unpaired) electrons. The minimum Gasteiger partial charge on any atom is -0.454 e. The molecule has 0 saturated heterocycles. The molecule has 1 aliphatic rings. The van der Waals surface area contributed by atoms with Gasteiger partial charge in [0.05, 0.1) is 0 Å². The minimum atomic E-state index is 0.277. The summed E-state index contributed by atoms with van der Waals surface area (Å²) in [6.07, 6.45) is 7.67. The van der Waals surface area contributed by atoms with Crippen LogP contribution in [0.4, 0.5) is 5.82 Å². The van der Waals surface area contributed by atoms with E-state index < -0.39 is 0 Å². The molecule has 0 fully saturated rings. The summed E-state index contributed by atoms with van der Waals surface area (Å²) >= 11 is 0. The first-order valence-electron chi connectivity index (χ1n) is 5.74. The van der Waals surface area contributed by atoms with Crippen LogP contribution in [0, 0.1) is 12.3 Å². The second-order valence-electron chi connectivity index (χ2n) is 3.97. The average Bonchev–Trinajstić information content (AvgIpc) is 2.84. The molecule has 1 aliphatic heterocycles. The molecule has 0 spiro atoms. The molecule has 0 saturated carbocycles. The summed E-state index contributed by atoms with van der Waals surface area (Å²) in [4.78, 5) is 4.33. The number of fused-ring (bicyclic) bond motifs is 2. The Labute approximate surface area is 105 Å². The summed E-state index contributed by atoms with van der Waals surface area (Å²) in [6, 6.07) is 5.86. The van der Waals surface area contributed by atoms with E-state index >= 15 is 0 Å². The van der Waals surface area contributed by atoms with Crippen LogP contribution in [0.2, 0.25) is 0 Å². The topological polar surface area (TPSA) is 43.4 Å². The molecule has 4 heteroatoms. The fraction of sp³-hybridized carbons (Fsp3) is 0.214. The molecule has 1 aromatic carbocycles. The highest BCUT2D eigenvalue weighted by molar-refractivity contribution is 5.94. The molecule has 1 aromatic heterocycles. The summed E-state index contributed by atoms with van der Waals surface area (Å²) in [5, 5.41) is 5.31. The van der Waals surface area contributed by atoms with Crippen molar-refractivity contribution in [3.05, 3.63) is 24.4 Å². The van der Waals surface area contributed by atoms with Crippen LogP contribution in [0.1, 0.15) is 6.42 Å². The van der Waals surface area contributed by atoms with Crippen LogP contribution >= 0.6 is 0 Å². The molecule has 2 heterocycles. The summed E-state index contributed by atoms with van der Waals surface area (Å²) in [7, 11) is 0. The Morgan fingerprint density at radius 2 is 2.17 bits per heavy atom. The molecule has 0 bridgehead atoms. The first-order valence-corrected chi connectivity index (χ1v) is 5.74. The molecule has 2 aromatic rings. The number of nitrogens with one attached hydrogen (secondary N) is 1. The maximum Gasteiger partial charge on any atom is 0.231 e. The van der Waals surface area contributed by atoms with Gasteiger partial charge in [0, 0.05) is 24.5 Å². The van der Waals surface area contributed by atoms with Crippen LogP contribution in [-0.2, 0) is 0 Å². The molecular weight excluding hydrogens is 228 g/mol. The van der Waals surface area contributed by atoms with Crippen molar-refractivity contribution in [1.29, 1.82) is 0 Å². The van der Waals surface area contributed by atoms with Gasteiger partial charge in [-0.2, -0.15) is 0 Å². The van der Waals surface area contributed by atoms with Crippen molar-refractivity contribution in [2.24, 2.45) is 0 Å². The highest BCUT2D eigenvalue weighted by atomic mass is 16.7. The van der Waals surface area contributed by atoms with Gasteiger partial charge in [-0.3, -0.25) is 0 Å². The maximum absolute atomic E-state index is 5.38. The van der Waals surface area contributed by atoms with Crippen molar-refractivity contribution < 1.29 is 9.47 Å². The fourth-order valence-corrected chi connectivity index (χ4v) is 1.96. The monoisotopic (exact) mass is 240 g/mol. The first kappa shape index (κ1) is 10.7. The lowest BCUT2D eigenvalue weighted by molar-refractivity contribution is 0.174. The van der Waals surface area contributed by atoms with Gasteiger partial charge in [0.1, 0.15) is 5.82 Å². The Morgan fingerprint density at radius 3 is 3.00 bits per heavy atom. The zero-order chi connectivity index (χ0) is 12.4. The third-order valence-electron chi connectivity index (χ3n) is 2.82. The Hall–Kier alpha value is -2.41. The largest absolute Gasteiger partial charge is 0.454 e. The Bertz CT molecular complexity index is 631. The van der Waals surface area contributed by atoms with Crippen LogP contribution < -0.4 is 14.8 Å². The number of ether oxygens (including phenoxy) is 2. The second kappa shape index (κ2) is 4.46. The maximum atomic E-state index is 5.38. The van der Waals surface area contributed by atoms with Crippen molar-refractivity contribution >= 4 is 16.6 Å². The molecule has 18 heavy (non-hydrogen) atoms. The van der Waals surface area contributed by atoms with Crippen molar-refractivity contribution in [1.82, 2.24) is 4.98 Å². The standard InChI is InChI=1S/C14H12N2O2/c1-2-3-5-15-14-11-8-13-12(17-9-18-13)7-10(11)4-6-16-14/h1,4,6-8H,3,5,9H2,(H,15,16). The molecule has 1 N–H and O–H groups in total. The predicted molar refractivity (Wildman–Crippen MR) is 69.8 cm³/mol. The summed E-state index contributed by atoms with van der Waals surface area (Å²) in [5.41, 5.74) is 0. The lowest BCUT2D eigenvalue weighted by Crippen LogP contribution is -2.02. The lowest BCUT2D eigenvalue weighted by Gasteiger charge is -2.08. The molecular formula is C14H12N2O2. The van der Waals surface area contributed by atoms with Gasteiger partial charge in [-0.15, -0.1) is 12.3 Å². The van der Waals surface area contributed by atoms with E-state index in [1.165, 1.54) is 0 Å². The van der Waals surface area contributed by atoms with Gasteiger partial charge in [0.25, 0.3) is 0 Å². The van der Waals surface area contributed by atoms with Crippen molar-refractivity contribution in [3.8, 4) is 23.8 Å². The second-order valence-corrected chi connectivity index (χ2v) is 3.97. The highest BCUT2D eigenvalue weighted by Gasteiger charge is 2.15. The lowest BCUT2D eigenvalue weighted by atomic mass is 10.1. The van der Waals surface area contributed by atoms with Gasteiger partial charge < -0.3 is 14.8 Å². The number of benzene rings is 1. The van der Waals surface area contributed by atoms with E-state index in [0.29, 0.717) is 13.0 Å². The number of pyridine rings is 1. The van der Waals surface area contributed by atoms with Crippen molar-refractivity contribution in [2.45, 2.75) is 6.42 Å². The van der Waals surface area contributed by atoms with Crippen LogP contribution in [0.25, 0.3) is 10.8 Å². The summed E-state index contributed by atoms with van der Waals surface area (Å²) in [5.74, 6) is 4.95. The van der Waals surface area contributed by atoms with E-state index in [0.717, 1.165) is 28.1 Å². The van der Waals surface area contributed by atoms with E-state index in [1.807, 2.05) is 18.2 Å². The molecule has 3 rings (SSSR count). The third-order valence-corrected chi connectivity index (χ3v) is 2.82. The number of rotatable bonds is 3. The van der Waals surface area contributed by atoms with Gasteiger partial charge in [0.2, 0.25) is 6.79 Å². The third kappa shape index (κ3) is 1.80. The fourth-order valence-electron chi connectivity index (χ4n) is 1.96. The zero-order valence-corrected chi connectivity index (χ0v) is 9.77.